The molecule has 2 aromatic rings. The second-order valence-corrected chi connectivity index (χ2v) is 6.92. The van der Waals surface area contributed by atoms with Gasteiger partial charge in [0.15, 0.2) is 0 Å². The van der Waals surface area contributed by atoms with Crippen molar-refractivity contribution in [2.24, 2.45) is 0 Å². The number of likely N-dealkylation sites (tertiary alicyclic amines) is 1. The lowest BCUT2D eigenvalue weighted by molar-refractivity contribution is -0.137. The first-order valence-electron chi connectivity index (χ1n) is 9.38. The quantitative estimate of drug-likeness (QED) is 0.800. The van der Waals surface area contributed by atoms with Crippen LogP contribution in [0.2, 0.25) is 0 Å². The number of rotatable bonds is 5. The van der Waals surface area contributed by atoms with Crippen LogP contribution >= 0.6 is 0 Å². The Labute approximate surface area is 166 Å². The molecule has 0 spiro atoms. The molecule has 154 valence electrons. The molecule has 2 amide bonds. The van der Waals surface area contributed by atoms with E-state index in [0.29, 0.717) is 13.1 Å². The number of nitrogens with zero attached hydrogens (tertiary/aromatic N) is 1. The molecule has 0 radical (unpaired) electrons. The van der Waals surface area contributed by atoms with Crippen LogP contribution in [0, 0.1) is 0 Å². The monoisotopic (exact) mass is 405 g/mol. The first-order chi connectivity index (χ1) is 13.8. The number of piperidine rings is 1. The maximum atomic E-state index is 12.6. The Morgan fingerprint density at radius 2 is 1.59 bits per heavy atom. The van der Waals surface area contributed by atoms with Crippen molar-refractivity contribution in [2.45, 2.75) is 25.1 Å². The minimum atomic E-state index is -4.45. The number of nitrogens with one attached hydrogen (secondary N) is 2. The highest BCUT2D eigenvalue weighted by Crippen LogP contribution is 2.29. The van der Waals surface area contributed by atoms with Crippen LogP contribution in [0.5, 0.6) is 0 Å². The predicted molar refractivity (Wildman–Crippen MR) is 103 cm³/mol. The van der Waals surface area contributed by atoms with E-state index in [1.807, 2.05) is 30.3 Å². The second-order valence-electron chi connectivity index (χ2n) is 6.92. The van der Waals surface area contributed by atoms with E-state index >= 15 is 0 Å². The van der Waals surface area contributed by atoms with Gasteiger partial charge in [0.2, 0.25) is 5.91 Å². The fourth-order valence-electron chi connectivity index (χ4n) is 3.22. The average molecular weight is 405 g/mol. The number of hydrogen-bond donors (Lipinski definition) is 2. The van der Waals surface area contributed by atoms with E-state index in [0.717, 1.165) is 42.8 Å². The molecular weight excluding hydrogens is 383 g/mol. The van der Waals surface area contributed by atoms with Crippen molar-refractivity contribution < 1.29 is 22.8 Å². The molecule has 5 nitrogen and oxygen atoms in total. The molecule has 1 aliphatic heterocycles. The van der Waals surface area contributed by atoms with Gasteiger partial charge in [-0.3, -0.25) is 9.59 Å². The van der Waals surface area contributed by atoms with Gasteiger partial charge in [0.05, 0.1) is 12.1 Å². The molecule has 0 atom stereocenters. The lowest BCUT2D eigenvalue weighted by atomic mass is 10.0. The second kappa shape index (κ2) is 8.98. The van der Waals surface area contributed by atoms with E-state index in [1.54, 1.807) is 4.90 Å². The number of carbonyl (C=O) groups is 2. The van der Waals surface area contributed by atoms with E-state index < -0.39 is 17.6 Å². The first kappa shape index (κ1) is 20.7. The minimum absolute atomic E-state index is 0.0802. The van der Waals surface area contributed by atoms with Gasteiger partial charge in [-0.1, -0.05) is 18.2 Å². The highest BCUT2D eigenvalue weighted by molar-refractivity contribution is 5.96. The summed E-state index contributed by atoms with van der Waals surface area (Å²) in [6.07, 6.45) is -2.85. The molecule has 1 fully saturated rings. The summed E-state index contributed by atoms with van der Waals surface area (Å²) in [4.78, 5) is 26.1. The van der Waals surface area contributed by atoms with E-state index in [4.69, 9.17) is 0 Å². The smallest absolute Gasteiger partial charge is 0.382 e. The van der Waals surface area contributed by atoms with Crippen molar-refractivity contribution in [1.82, 2.24) is 10.2 Å². The Morgan fingerprint density at radius 3 is 2.17 bits per heavy atom. The Kier molecular flexibility index (Phi) is 6.41. The topological polar surface area (TPSA) is 61.4 Å². The van der Waals surface area contributed by atoms with Crippen LogP contribution in [0.1, 0.15) is 28.8 Å². The van der Waals surface area contributed by atoms with Crippen molar-refractivity contribution in [2.75, 3.05) is 25.0 Å². The predicted octanol–water partition coefficient (Wildman–Crippen LogP) is 3.54. The maximum absolute atomic E-state index is 12.6. The van der Waals surface area contributed by atoms with Crippen molar-refractivity contribution in [3.8, 4) is 0 Å². The van der Waals surface area contributed by atoms with Crippen LogP contribution < -0.4 is 10.6 Å². The molecule has 0 aromatic heterocycles. The van der Waals surface area contributed by atoms with E-state index in [2.05, 4.69) is 10.6 Å². The van der Waals surface area contributed by atoms with Crippen molar-refractivity contribution in [3.05, 3.63) is 65.7 Å². The van der Waals surface area contributed by atoms with Crippen molar-refractivity contribution >= 4 is 17.5 Å². The number of carbonyl (C=O) groups excluding carboxylic acids is 2. The van der Waals surface area contributed by atoms with Gasteiger partial charge in [-0.15, -0.1) is 0 Å². The summed E-state index contributed by atoms with van der Waals surface area (Å²) < 4.78 is 37.7. The number of amides is 2. The molecule has 1 saturated heterocycles. The standard InChI is InChI=1S/C21H22F3N3O2/c22-21(23,24)16-8-6-15(7-9-16)20(29)25-14-19(28)27-12-10-18(11-13-27)26-17-4-2-1-3-5-17/h1-9,18,26H,10-14H2,(H,25,29). The van der Waals surface area contributed by atoms with Crippen LogP contribution in [0.25, 0.3) is 0 Å². The molecule has 0 aliphatic carbocycles. The molecule has 8 heteroatoms. The van der Waals surface area contributed by atoms with Gasteiger partial charge in [-0.25, -0.2) is 0 Å². The number of hydrogen-bond acceptors (Lipinski definition) is 3. The minimum Gasteiger partial charge on any atom is -0.382 e. The van der Waals surface area contributed by atoms with Gasteiger partial charge in [0.25, 0.3) is 5.91 Å². The van der Waals surface area contributed by atoms with Gasteiger partial charge in [-0.2, -0.15) is 13.2 Å². The van der Waals surface area contributed by atoms with E-state index in [1.165, 1.54) is 0 Å². The maximum Gasteiger partial charge on any atom is 0.416 e. The average Bonchev–Trinajstić information content (AvgIpc) is 2.72. The van der Waals surface area contributed by atoms with Gasteiger partial charge in [-0.05, 0) is 49.2 Å². The molecule has 3 rings (SSSR count). The van der Waals surface area contributed by atoms with E-state index in [-0.39, 0.29) is 24.1 Å². The van der Waals surface area contributed by atoms with Gasteiger partial charge >= 0.3 is 6.18 Å². The summed E-state index contributed by atoms with van der Waals surface area (Å²) in [7, 11) is 0. The normalized spacial score (nSPS) is 15.1. The summed E-state index contributed by atoms with van der Waals surface area (Å²) in [5.41, 5.74) is 0.301. The zero-order valence-electron chi connectivity index (χ0n) is 15.7. The molecule has 0 unspecified atom stereocenters. The lowest BCUT2D eigenvalue weighted by Gasteiger charge is -2.33. The fourth-order valence-corrected chi connectivity index (χ4v) is 3.22. The van der Waals surface area contributed by atoms with Gasteiger partial charge < -0.3 is 15.5 Å². The Morgan fingerprint density at radius 1 is 0.966 bits per heavy atom. The zero-order valence-corrected chi connectivity index (χ0v) is 15.7. The summed E-state index contributed by atoms with van der Waals surface area (Å²) in [6.45, 7) is 0.982. The summed E-state index contributed by atoms with van der Waals surface area (Å²) in [5, 5.41) is 5.92. The largest absolute Gasteiger partial charge is 0.416 e. The SMILES string of the molecule is O=C(NCC(=O)N1CCC(Nc2ccccc2)CC1)c1ccc(C(F)(F)F)cc1. The van der Waals surface area contributed by atoms with Crippen LogP contribution in [0.4, 0.5) is 18.9 Å². The van der Waals surface area contributed by atoms with Crippen LogP contribution in [-0.2, 0) is 11.0 Å². The molecular formula is C21H22F3N3O2. The molecule has 1 heterocycles. The Balaban J connectivity index is 1.43. The number of benzene rings is 2. The third-order valence-electron chi connectivity index (χ3n) is 4.87. The van der Waals surface area contributed by atoms with Crippen LogP contribution in [0.3, 0.4) is 0 Å². The van der Waals surface area contributed by atoms with Crippen LogP contribution in [-0.4, -0.2) is 42.4 Å². The molecule has 29 heavy (non-hydrogen) atoms. The number of halogens is 3. The zero-order chi connectivity index (χ0) is 20.9. The first-order valence-corrected chi connectivity index (χ1v) is 9.38. The number of alkyl halides is 3. The Hall–Kier alpha value is -3.03. The van der Waals surface area contributed by atoms with Crippen LogP contribution in [0.15, 0.2) is 54.6 Å². The molecule has 1 aliphatic rings. The molecule has 2 aromatic carbocycles. The highest BCUT2D eigenvalue weighted by Gasteiger charge is 2.30. The summed E-state index contributed by atoms with van der Waals surface area (Å²) >= 11 is 0. The molecule has 0 bridgehead atoms. The van der Waals surface area contributed by atoms with Gasteiger partial charge in [0, 0.05) is 30.4 Å². The van der Waals surface area contributed by atoms with Gasteiger partial charge in [0.1, 0.15) is 0 Å². The summed E-state index contributed by atoms with van der Waals surface area (Å²) in [5.74, 6) is -0.781. The third kappa shape index (κ3) is 5.73. The number of para-hydroxylation sites is 1. The summed E-state index contributed by atoms with van der Waals surface area (Å²) in [6, 6.07) is 14.0. The third-order valence-corrected chi connectivity index (χ3v) is 4.87. The lowest BCUT2D eigenvalue weighted by Crippen LogP contribution is -2.46. The number of anilines is 1. The highest BCUT2D eigenvalue weighted by atomic mass is 19.4. The van der Waals surface area contributed by atoms with E-state index in [9.17, 15) is 22.8 Å². The fraction of sp³-hybridized carbons (Fsp3) is 0.333. The van der Waals surface area contributed by atoms with Crippen molar-refractivity contribution in [3.63, 3.8) is 0 Å². The molecule has 2 N–H and O–H groups in total. The van der Waals surface area contributed by atoms with Crippen molar-refractivity contribution in [1.29, 1.82) is 0 Å². The molecule has 0 saturated carbocycles. The Bertz CT molecular complexity index is 830.